The predicted octanol–water partition coefficient (Wildman–Crippen LogP) is 1.99. The quantitative estimate of drug-likeness (QED) is 0.877. The first-order valence-electron chi connectivity index (χ1n) is 5.59. The Morgan fingerprint density at radius 2 is 1.89 bits per heavy atom. The van der Waals surface area contributed by atoms with Crippen LogP contribution in [0.5, 0.6) is 11.5 Å². The van der Waals surface area contributed by atoms with Gasteiger partial charge in [0, 0.05) is 12.4 Å². The number of carboxylic acid groups (broad SMARTS) is 1. The molecule has 0 aliphatic rings. The summed E-state index contributed by atoms with van der Waals surface area (Å²) in [5, 5.41) is 12.6. The molecule has 0 saturated heterocycles. The van der Waals surface area contributed by atoms with Crippen LogP contribution in [0.2, 0.25) is 0 Å². The maximum atomic E-state index is 11.2. The van der Waals surface area contributed by atoms with E-state index in [0.717, 1.165) is 0 Å². The molecule has 1 aromatic heterocycles. The molecule has 0 spiro atoms. The number of benzene rings is 1. The van der Waals surface area contributed by atoms with Crippen molar-refractivity contribution in [2.24, 2.45) is 0 Å². The summed E-state index contributed by atoms with van der Waals surface area (Å²) >= 11 is 0. The summed E-state index contributed by atoms with van der Waals surface area (Å²) in [6.07, 6.45) is 0. The maximum absolute atomic E-state index is 11.2. The van der Waals surface area contributed by atoms with Gasteiger partial charge in [-0.1, -0.05) is 0 Å². The van der Waals surface area contributed by atoms with Crippen LogP contribution in [0, 0.1) is 0 Å². The van der Waals surface area contributed by atoms with E-state index in [2.05, 4.69) is 10.3 Å². The molecule has 1 aromatic carbocycles. The number of aromatic nitrogens is 1. The second kappa shape index (κ2) is 5.01. The van der Waals surface area contributed by atoms with Crippen molar-refractivity contribution in [3.8, 4) is 11.5 Å². The molecule has 0 aliphatic heterocycles. The Balaban J connectivity index is 2.85. The highest BCUT2D eigenvalue weighted by Gasteiger charge is 2.16. The zero-order valence-corrected chi connectivity index (χ0v) is 10.9. The fourth-order valence-electron chi connectivity index (χ4n) is 1.91. The molecule has 2 N–H and O–H groups in total. The summed E-state index contributed by atoms with van der Waals surface area (Å²) in [5.74, 6) is 0.341. The van der Waals surface area contributed by atoms with Crippen LogP contribution in [0.4, 0.5) is 5.82 Å². The summed E-state index contributed by atoms with van der Waals surface area (Å²) in [6, 6.07) is 4.97. The van der Waals surface area contributed by atoms with Crippen LogP contribution in [-0.4, -0.2) is 37.3 Å². The molecule has 0 radical (unpaired) electrons. The van der Waals surface area contributed by atoms with Crippen molar-refractivity contribution in [2.75, 3.05) is 26.6 Å². The monoisotopic (exact) mass is 262 g/mol. The van der Waals surface area contributed by atoms with Crippen molar-refractivity contribution in [3.05, 3.63) is 23.8 Å². The lowest BCUT2D eigenvalue weighted by molar-refractivity contribution is 0.0698. The van der Waals surface area contributed by atoms with Gasteiger partial charge in [0.2, 0.25) is 0 Å². The summed E-state index contributed by atoms with van der Waals surface area (Å²) in [5.41, 5.74) is 0.637. The van der Waals surface area contributed by atoms with E-state index in [-0.39, 0.29) is 11.4 Å². The lowest BCUT2D eigenvalue weighted by Crippen LogP contribution is -2.06. The number of nitrogens with one attached hydrogen (secondary N) is 1. The van der Waals surface area contributed by atoms with E-state index >= 15 is 0 Å². The number of rotatable bonds is 4. The summed E-state index contributed by atoms with van der Waals surface area (Å²) in [4.78, 5) is 15.5. The first-order chi connectivity index (χ1) is 9.12. The van der Waals surface area contributed by atoms with Gasteiger partial charge in [-0.15, -0.1) is 0 Å². The highest BCUT2D eigenvalue weighted by Crippen LogP contribution is 2.34. The van der Waals surface area contributed by atoms with E-state index in [0.29, 0.717) is 22.4 Å². The number of ether oxygens (including phenoxy) is 2. The maximum Gasteiger partial charge on any atom is 0.339 e. The van der Waals surface area contributed by atoms with E-state index in [4.69, 9.17) is 9.47 Å². The molecule has 0 atom stereocenters. The van der Waals surface area contributed by atoms with Gasteiger partial charge < -0.3 is 19.9 Å². The van der Waals surface area contributed by atoms with Gasteiger partial charge in [0.05, 0.1) is 14.2 Å². The van der Waals surface area contributed by atoms with Gasteiger partial charge in [0.1, 0.15) is 28.4 Å². The average molecular weight is 262 g/mol. The minimum atomic E-state index is -1.05. The molecular weight excluding hydrogens is 248 g/mol. The minimum Gasteiger partial charge on any atom is -0.496 e. The number of pyridine rings is 1. The van der Waals surface area contributed by atoms with Crippen LogP contribution < -0.4 is 14.8 Å². The zero-order valence-electron chi connectivity index (χ0n) is 10.9. The van der Waals surface area contributed by atoms with Crippen LogP contribution in [0.25, 0.3) is 10.9 Å². The third kappa shape index (κ3) is 2.12. The van der Waals surface area contributed by atoms with Gasteiger partial charge in [0.25, 0.3) is 0 Å². The Morgan fingerprint density at radius 1 is 1.26 bits per heavy atom. The summed E-state index contributed by atoms with van der Waals surface area (Å²) in [6.45, 7) is 0. The molecule has 0 saturated carbocycles. The standard InChI is InChI=1S/C13H14N2O4/c1-14-12-8(13(16)17)6-7-9(18-2)4-5-10(19-3)11(7)15-12/h4-6H,1-3H3,(H,14,15)(H,16,17). The first kappa shape index (κ1) is 12.9. The third-order valence-electron chi connectivity index (χ3n) is 2.81. The minimum absolute atomic E-state index is 0.0848. The van der Waals surface area contributed by atoms with E-state index in [1.54, 1.807) is 19.2 Å². The molecule has 100 valence electrons. The number of anilines is 1. The molecule has 0 amide bonds. The Hall–Kier alpha value is -2.50. The molecule has 19 heavy (non-hydrogen) atoms. The van der Waals surface area contributed by atoms with Gasteiger partial charge in [-0.05, 0) is 18.2 Å². The molecule has 6 heteroatoms. The molecule has 2 rings (SSSR count). The number of carbonyl (C=O) groups is 1. The van der Waals surface area contributed by atoms with Crippen molar-refractivity contribution < 1.29 is 19.4 Å². The van der Waals surface area contributed by atoms with Crippen molar-refractivity contribution in [2.45, 2.75) is 0 Å². The van der Waals surface area contributed by atoms with Gasteiger partial charge in [-0.3, -0.25) is 0 Å². The Bertz CT molecular complexity index is 640. The van der Waals surface area contributed by atoms with Gasteiger partial charge >= 0.3 is 5.97 Å². The number of nitrogens with zero attached hydrogens (tertiary/aromatic N) is 1. The Morgan fingerprint density at radius 3 is 2.42 bits per heavy atom. The highest BCUT2D eigenvalue weighted by atomic mass is 16.5. The van der Waals surface area contributed by atoms with Gasteiger partial charge in [0.15, 0.2) is 0 Å². The first-order valence-corrected chi connectivity index (χ1v) is 5.59. The molecule has 1 heterocycles. The van der Waals surface area contributed by atoms with Crippen LogP contribution in [0.15, 0.2) is 18.2 Å². The predicted molar refractivity (Wildman–Crippen MR) is 71.4 cm³/mol. The molecule has 2 aromatic rings. The van der Waals surface area contributed by atoms with E-state index in [9.17, 15) is 9.90 Å². The summed E-state index contributed by atoms with van der Waals surface area (Å²) in [7, 11) is 4.67. The third-order valence-corrected chi connectivity index (χ3v) is 2.81. The van der Waals surface area contributed by atoms with E-state index in [1.807, 2.05) is 0 Å². The molecule has 0 aliphatic carbocycles. The Kier molecular flexibility index (Phi) is 3.41. The fourth-order valence-corrected chi connectivity index (χ4v) is 1.91. The molecule has 0 unspecified atom stereocenters. The Labute approximate surface area is 110 Å². The topological polar surface area (TPSA) is 80.7 Å². The molecule has 0 bridgehead atoms. The van der Waals surface area contributed by atoms with Crippen LogP contribution in [0.3, 0.4) is 0 Å². The summed E-state index contributed by atoms with van der Waals surface area (Å²) < 4.78 is 10.5. The average Bonchev–Trinajstić information content (AvgIpc) is 2.44. The SMILES string of the molecule is CNc1nc2c(OC)ccc(OC)c2cc1C(=O)O. The molecule has 0 fully saturated rings. The smallest absolute Gasteiger partial charge is 0.339 e. The van der Waals surface area contributed by atoms with Crippen molar-refractivity contribution in [1.29, 1.82) is 0 Å². The number of carboxylic acids is 1. The normalized spacial score (nSPS) is 10.3. The number of hydrogen-bond acceptors (Lipinski definition) is 5. The van der Waals surface area contributed by atoms with Crippen LogP contribution >= 0.6 is 0 Å². The largest absolute Gasteiger partial charge is 0.496 e. The zero-order chi connectivity index (χ0) is 14.0. The number of methoxy groups -OCH3 is 2. The highest BCUT2D eigenvalue weighted by molar-refractivity contribution is 6.01. The second-order valence-corrected chi connectivity index (χ2v) is 3.81. The molecule has 6 nitrogen and oxygen atoms in total. The van der Waals surface area contributed by atoms with E-state index < -0.39 is 5.97 Å². The lowest BCUT2D eigenvalue weighted by atomic mass is 10.1. The fraction of sp³-hybridized carbons (Fsp3) is 0.231. The van der Waals surface area contributed by atoms with Gasteiger partial charge in [-0.2, -0.15) is 0 Å². The molecular formula is C13H14N2O4. The number of aromatic carboxylic acids is 1. The van der Waals surface area contributed by atoms with Crippen LogP contribution in [-0.2, 0) is 0 Å². The van der Waals surface area contributed by atoms with Crippen LogP contribution in [0.1, 0.15) is 10.4 Å². The second-order valence-electron chi connectivity index (χ2n) is 3.81. The van der Waals surface area contributed by atoms with Crippen molar-refractivity contribution in [1.82, 2.24) is 4.98 Å². The number of hydrogen-bond donors (Lipinski definition) is 2. The van der Waals surface area contributed by atoms with Crippen molar-refractivity contribution in [3.63, 3.8) is 0 Å². The van der Waals surface area contributed by atoms with Crippen molar-refractivity contribution >= 4 is 22.7 Å². The number of fused-ring (bicyclic) bond motifs is 1. The van der Waals surface area contributed by atoms with E-state index in [1.165, 1.54) is 20.3 Å². The van der Waals surface area contributed by atoms with Gasteiger partial charge in [-0.25, -0.2) is 9.78 Å². The lowest BCUT2D eigenvalue weighted by Gasteiger charge is -2.12.